The molecule has 0 bridgehead atoms. The molecule has 0 spiro atoms. The van der Waals surface area contributed by atoms with Crippen LogP contribution in [0.1, 0.15) is 29.7 Å². The van der Waals surface area contributed by atoms with Crippen LogP contribution in [0.15, 0.2) is 29.0 Å². The molecule has 4 heteroatoms. The van der Waals surface area contributed by atoms with Crippen molar-refractivity contribution in [1.29, 1.82) is 0 Å². The average Bonchev–Trinajstić information content (AvgIpc) is 2.76. The van der Waals surface area contributed by atoms with Crippen LogP contribution in [0.3, 0.4) is 0 Å². The SMILES string of the molecule is CCNC(c1cscc1C)c1cccc(F)c1F. The standard InChI is InChI=1S/C14H15F2NS/c1-3-17-14(11-8-18-7-9(11)2)10-5-4-6-12(15)13(10)16/h4-8,14,17H,3H2,1-2H3. The van der Waals surface area contributed by atoms with E-state index in [4.69, 9.17) is 0 Å². The number of benzene rings is 1. The summed E-state index contributed by atoms with van der Waals surface area (Å²) in [7, 11) is 0. The predicted octanol–water partition coefficient (Wildman–Crippen LogP) is 4.03. The minimum atomic E-state index is -0.803. The summed E-state index contributed by atoms with van der Waals surface area (Å²) >= 11 is 1.57. The molecule has 18 heavy (non-hydrogen) atoms. The van der Waals surface area contributed by atoms with Gasteiger partial charge in [-0.1, -0.05) is 19.1 Å². The number of rotatable bonds is 4. The van der Waals surface area contributed by atoms with Crippen LogP contribution >= 0.6 is 11.3 Å². The third kappa shape index (κ3) is 2.44. The Morgan fingerprint density at radius 2 is 2.00 bits per heavy atom. The van der Waals surface area contributed by atoms with Crippen LogP contribution in [-0.2, 0) is 0 Å². The average molecular weight is 267 g/mol. The first-order valence-electron chi connectivity index (χ1n) is 5.85. The van der Waals surface area contributed by atoms with E-state index in [2.05, 4.69) is 5.32 Å². The van der Waals surface area contributed by atoms with Crippen LogP contribution in [0.5, 0.6) is 0 Å². The molecule has 96 valence electrons. The molecule has 0 saturated heterocycles. The van der Waals surface area contributed by atoms with Gasteiger partial charge in [0.05, 0.1) is 6.04 Å². The molecule has 1 N–H and O–H groups in total. The molecule has 1 nitrogen and oxygen atoms in total. The first-order valence-corrected chi connectivity index (χ1v) is 6.79. The van der Waals surface area contributed by atoms with E-state index in [-0.39, 0.29) is 6.04 Å². The highest BCUT2D eigenvalue weighted by atomic mass is 32.1. The Labute approximate surface area is 109 Å². The molecule has 0 aliphatic heterocycles. The zero-order valence-electron chi connectivity index (χ0n) is 10.3. The van der Waals surface area contributed by atoms with Gasteiger partial charge in [0.2, 0.25) is 0 Å². The van der Waals surface area contributed by atoms with Crippen molar-refractivity contribution in [3.63, 3.8) is 0 Å². The van der Waals surface area contributed by atoms with Gasteiger partial charge in [0, 0.05) is 5.56 Å². The molecule has 0 aliphatic rings. The molecule has 0 saturated carbocycles. The quantitative estimate of drug-likeness (QED) is 0.881. The second-order valence-corrected chi connectivity index (χ2v) is 4.89. The summed E-state index contributed by atoms with van der Waals surface area (Å²) in [5, 5.41) is 7.20. The summed E-state index contributed by atoms with van der Waals surface area (Å²) in [5.74, 6) is -1.57. The lowest BCUT2D eigenvalue weighted by Gasteiger charge is -2.19. The first kappa shape index (κ1) is 13.2. The first-order chi connectivity index (χ1) is 8.65. The van der Waals surface area contributed by atoms with Gasteiger partial charge < -0.3 is 5.32 Å². The molecule has 0 radical (unpaired) electrons. The molecule has 0 aliphatic carbocycles. The Kier molecular flexibility index (Phi) is 4.09. The molecule has 1 aromatic heterocycles. The van der Waals surface area contributed by atoms with E-state index in [0.717, 1.165) is 17.2 Å². The third-order valence-corrected chi connectivity index (χ3v) is 3.79. The van der Waals surface area contributed by atoms with Gasteiger partial charge in [-0.2, -0.15) is 11.3 Å². The summed E-state index contributed by atoms with van der Waals surface area (Å²) in [6, 6.07) is 4.02. The molecule has 0 amide bonds. The van der Waals surface area contributed by atoms with E-state index in [1.165, 1.54) is 0 Å². The molecular weight excluding hydrogens is 252 g/mol. The van der Waals surface area contributed by atoms with Gasteiger partial charge in [-0.3, -0.25) is 0 Å². The fourth-order valence-electron chi connectivity index (χ4n) is 2.00. The molecular formula is C14H15F2NS. The summed E-state index contributed by atoms with van der Waals surface area (Å²) in [4.78, 5) is 0. The summed E-state index contributed by atoms with van der Waals surface area (Å²) < 4.78 is 27.2. The minimum absolute atomic E-state index is 0.294. The van der Waals surface area contributed by atoms with E-state index in [1.54, 1.807) is 23.5 Å². The topological polar surface area (TPSA) is 12.0 Å². The number of hydrogen-bond acceptors (Lipinski definition) is 2. The van der Waals surface area contributed by atoms with Crippen LogP contribution in [-0.4, -0.2) is 6.54 Å². The van der Waals surface area contributed by atoms with Crippen LogP contribution in [0.25, 0.3) is 0 Å². The van der Waals surface area contributed by atoms with Crippen molar-refractivity contribution in [2.24, 2.45) is 0 Å². The zero-order chi connectivity index (χ0) is 13.1. The van der Waals surface area contributed by atoms with E-state index in [1.807, 2.05) is 24.6 Å². The lowest BCUT2D eigenvalue weighted by atomic mass is 9.98. The fraction of sp³-hybridized carbons (Fsp3) is 0.286. The third-order valence-electron chi connectivity index (χ3n) is 2.91. The van der Waals surface area contributed by atoms with Crippen molar-refractivity contribution in [1.82, 2.24) is 5.32 Å². The maximum Gasteiger partial charge on any atom is 0.163 e. The Bertz CT molecular complexity index is 536. The highest BCUT2D eigenvalue weighted by molar-refractivity contribution is 7.08. The van der Waals surface area contributed by atoms with Gasteiger partial charge >= 0.3 is 0 Å². The van der Waals surface area contributed by atoms with Crippen LogP contribution in [0.4, 0.5) is 8.78 Å². The van der Waals surface area contributed by atoms with E-state index in [9.17, 15) is 8.78 Å². The van der Waals surface area contributed by atoms with Crippen LogP contribution in [0, 0.1) is 18.6 Å². The predicted molar refractivity (Wildman–Crippen MR) is 70.9 cm³/mol. The van der Waals surface area contributed by atoms with Crippen molar-refractivity contribution in [2.45, 2.75) is 19.9 Å². The Balaban J connectivity index is 2.48. The van der Waals surface area contributed by atoms with Crippen molar-refractivity contribution >= 4 is 11.3 Å². The van der Waals surface area contributed by atoms with E-state index >= 15 is 0 Å². The van der Waals surface area contributed by atoms with Crippen molar-refractivity contribution in [3.05, 3.63) is 57.3 Å². The lowest BCUT2D eigenvalue weighted by Crippen LogP contribution is -2.23. The van der Waals surface area contributed by atoms with Crippen molar-refractivity contribution in [2.75, 3.05) is 6.54 Å². The van der Waals surface area contributed by atoms with Crippen molar-refractivity contribution in [3.8, 4) is 0 Å². The van der Waals surface area contributed by atoms with Gasteiger partial charge in [0.1, 0.15) is 0 Å². The second-order valence-electron chi connectivity index (χ2n) is 4.14. The molecule has 0 fully saturated rings. The second kappa shape index (κ2) is 5.59. The van der Waals surface area contributed by atoms with Gasteiger partial charge in [0.15, 0.2) is 11.6 Å². The number of aryl methyl sites for hydroxylation is 1. The molecule has 2 rings (SSSR count). The molecule has 1 heterocycles. The summed E-state index contributed by atoms with van der Waals surface area (Å²) in [6.45, 7) is 4.62. The number of hydrogen-bond donors (Lipinski definition) is 1. The normalized spacial score (nSPS) is 12.7. The van der Waals surface area contributed by atoms with Gasteiger partial charge in [-0.05, 0) is 41.4 Å². The Morgan fingerprint density at radius 1 is 1.22 bits per heavy atom. The van der Waals surface area contributed by atoms with Crippen LogP contribution < -0.4 is 5.32 Å². The van der Waals surface area contributed by atoms with Gasteiger partial charge in [-0.15, -0.1) is 0 Å². The molecule has 2 aromatic rings. The molecule has 1 aromatic carbocycles. The van der Waals surface area contributed by atoms with Crippen LogP contribution in [0.2, 0.25) is 0 Å². The summed E-state index contributed by atoms with van der Waals surface area (Å²) in [5.41, 5.74) is 2.46. The smallest absolute Gasteiger partial charge is 0.163 e. The maximum absolute atomic E-state index is 13.9. The molecule has 1 unspecified atom stereocenters. The monoisotopic (exact) mass is 267 g/mol. The van der Waals surface area contributed by atoms with E-state index < -0.39 is 11.6 Å². The highest BCUT2D eigenvalue weighted by Crippen LogP contribution is 2.29. The van der Waals surface area contributed by atoms with Gasteiger partial charge in [-0.25, -0.2) is 8.78 Å². The van der Waals surface area contributed by atoms with E-state index in [0.29, 0.717) is 12.1 Å². The number of nitrogens with one attached hydrogen (secondary N) is 1. The zero-order valence-corrected chi connectivity index (χ0v) is 11.2. The lowest BCUT2D eigenvalue weighted by molar-refractivity contribution is 0.483. The molecule has 1 atom stereocenters. The Hall–Kier alpha value is -1.26. The number of halogens is 2. The highest BCUT2D eigenvalue weighted by Gasteiger charge is 2.20. The van der Waals surface area contributed by atoms with Crippen molar-refractivity contribution < 1.29 is 8.78 Å². The largest absolute Gasteiger partial charge is 0.306 e. The minimum Gasteiger partial charge on any atom is -0.306 e. The Morgan fingerprint density at radius 3 is 2.61 bits per heavy atom. The maximum atomic E-state index is 13.9. The number of thiophene rings is 1. The summed E-state index contributed by atoms with van der Waals surface area (Å²) in [6.07, 6.45) is 0. The van der Waals surface area contributed by atoms with Gasteiger partial charge in [0.25, 0.3) is 0 Å². The fourth-order valence-corrected chi connectivity index (χ4v) is 2.88.